The molecule has 1 aromatic rings. The minimum atomic E-state index is -1.40. The predicted molar refractivity (Wildman–Crippen MR) is 69.4 cm³/mol. The third kappa shape index (κ3) is 2.82. The Morgan fingerprint density at radius 2 is 2.39 bits per heavy atom. The second-order valence-corrected chi connectivity index (χ2v) is 5.05. The number of benzene rings is 1. The van der Waals surface area contributed by atoms with E-state index in [1.165, 1.54) is 0 Å². The monoisotopic (exact) mass is 270 g/mol. The summed E-state index contributed by atoms with van der Waals surface area (Å²) in [6.45, 7) is 1.06. The van der Waals surface area contributed by atoms with Gasteiger partial charge in [0, 0.05) is 25.2 Å². The van der Waals surface area contributed by atoms with Crippen LogP contribution in [-0.2, 0) is 10.5 Å². The van der Waals surface area contributed by atoms with Crippen LogP contribution in [0.4, 0.5) is 4.39 Å². The van der Waals surface area contributed by atoms with E-state index in [1.54, 1.807) is 31.3 Å². The second kappa shape index (κ2) is 5.24. The average molecular weight is 271 g/mol. The van der Waals surface area contributed by atoms with Crippen LogP contribution >= 0.6 is 11.6 Å². The van der Waals surface area contributed by atoms with Gasteiger partial charge in [0.25, 0.3) is 0 Å². The Balaban J connectivity index is 2.08. The number of carbonyl (C=O) groups is 1. The number of likely N-dealkylation sites (N-methyl/N-ethyl adjacent to an activating group) is 1. The summed E-state index contributed by atoms with van der Waals surface area (Å²) in [6.07, 6.45) is 0.393. The summed E-state index contributed by atoms with van der Waals surface area (Å²) in [5, 5.41) is 3.08. The minimum Gasteiger partial charge on any atom is -0.358 e. The van der Waals surface area contributed by atoms with E-state index in [9.17, 15) is 9.18 Å². The van der Waals surface area contributed by atoms with Crippen molar-refractivity contribution in [1.29, 1.82) is 0 Å². The van der Waals surface area contributed by atoms with Gasteiger partial charge in [0.1, 0.15) is 5.67 Å². The highest BCUT2D eigenvalue weighted by molar-refractivity contribution is 6.30. The van der Waals surface area contributed by atoms with Crippen molar-refractivity contribution in [2.75, 3.05) is 26.7 Å². The molecule has 1 aliphatic rings. The topological polar surface area (TPSA) is 32.3 Å². The van der Waals surface area contributed by atoms with E-state index in [2.05, 4.69) is 5.32 Å². The van der Waals surface area contributed by atoms with E-state index >= 15 is 0 Å². The highest BCUT2D eigenvalue weighted by Crippen LogP contribution is 2.36. The normalized spacial score (nSPS) is 24.2. The average Bonchev–Trinajstić information content (AvgIpc) is 2.72. The van der Waals surface area contributed by atoms with Gasteiger partial charge in [-0.05, 0) is 24.1 Å². The number of nitrogens with zero attached hydrogens (tertiary/aromatic N) is 1. The molecule has 1 heterocycles. The molecule has 1 saturated heterocycles. The van der Waals surface area contributed by atoms with Crippen LogP contribution in [-0.4, -0.2) is 37.5 Å². The van der Waals surface area contributed by atoms with E-state index in [-0.39, 0.29) is 19.0 Å². The van der Waals surface area contributed by atoms with Crippen LogP contribution in [0, 0.1) is 0 Å². The van der Waals surface area contributed by atoms with Crippen LogP contribution in [0.1, 0.15) is 12.0 Å². The lowest BCUT2D eigenvalue weighted by atomic mass is 9.95. The number of amides is 1. The lowest BCUT2D eigenvalue weighted by Crippen LogP contribution is -2.35. The number of halogens is 2. The molecule has 3 nitrogen and oxygen atoms in total. The highest BCUT2D eigenvalue weighted by atomic mass is 35.5. The van der Waals surface area contributed by atoms with Crippen LogP contribution in [0.25, 0.3) is 0 Å². The third-order valence-electron chi connectivity index (χ3n) is 3.29. The van der Waals surface area contributed by atoms with E-state index in [4.69, 9.17) is 11.6 Å². The molecule has 0 bridgehead atoms. The molecule has 0 radical (unpaired) electrons. The second-order valence-electron chi connectivity index (χ2n) is 4.61. The molecule has 18 heavy (non-hydrogen) atoms. The smallest absolute Gasteiger partial charge is 0.233 e. The van der Waals surface area contributed by atoms with Gasteiger partial charge in [-0.1, -0.05) is 23.7 Å². The Bertz CT molecular complexity index is 454. The number of likely N-dealkylation sites (tertiary alicyclic amines) is 1. The molecule has 1 aromatic carbocycles. The molecular formula is C13H16ClFN2O. The number of alkyl halides is 1. The summed E-state index contributed by atoms with van der Waals surface area (Å²) >= 11 is 5.88. The van der Waals surface area contributed by atoms with E-state index in [0.29, 0.717) is 23.6 Å². The molecule has 2 rings (SSSR count). The fourth-order valence-electron chi connectivity index (χ4n) is 2.27. The zero-order valence-electron chi connectivity index (χ0n) is 10.2. The molecule has 0 aromatic heterocycles. The van der Waals surface area contributed by atoms with E-state index < -0.39 is 5.67 Å². The third-order valence-corrected chi connectivity index (χ3v) is 3.52. The van der Waals surface area contributed by atoms with Gasteiger partial charge in [0.15, 0.2) is 0 Å². The Hall–Kier alpha value is -1.13. The van der Waals surface area contributed by atoms with Gasteiger partial charge < -0.3 is 5.32 Å². The molecule has 0 saturated carbocycles. The number of hydrogen-bond acceptors (Lipinski definition) is 2. The Morgan fingerprint density at radius 1 is 1.61 bits per heavy atom. The first-order valence-electron chi connectivity index (χ1n) is 5.91. The molecule has 5 heteroatoms. The quantitative estimate of drug-likeness (QED) is 0.911. The summed E-state index contributed by atoms with van der Waals surface area (Å²) < 4.78 is 14.8. The molecule has 1 N–H and O–H groups in total. The maximum absolute atomic E-state index is 14.8. The minimum absolute atomic E-state index is 0.0923. The maximum atomic E-state index is 14.8. The molecule has 1 amide bonds. The molecule has 0 aliphatic carbocycles. The van der Waals surface area contributed by atoms with Crippen LogP contribution in [0.3, 0.4) is 0 Å². The van der Waals surface area contributed by atoms with Crippen molar-refractivity contribution in [2.24, 2.45) is 0 Å². The number of rotatable bonds is 3. The summed E-state index contributed by atoms with van der Waals surface area (Å²) in [5.74, 6) is -0.0923. The Labute approximate surface area is 111 Å². The van der Waals surface area contributed by atoms with Gasteiger partial charge in [0.2, 0.25) is 5.91 Å². The fraction of sp³-hybridized carbons (Fsp3) is 0.462. The summed E-state index contributed by atoms with van der Waals surface area (Å²) in [5.41, 5.74) is -0.812. The first-order chi connectivity index (χ1) is 8.53. The van der Waals surface area contributed by atoms with Gasteiger partial charge in [0.05, 0.1) is 6.54 Å². The molecule has 0 spiro atoms. The van der Waals surface area contributed by atoms with Crippen molar-refractivity contribution in [2.45, 2.75) is 12.1 Å². The van der Waals surface area contributed by atoms with Crippen molar-refractivity contribution >= 4 is 17.5 Å². The van der Waals surface area contributed by atoms with Gasteiger partial charge in [-0.25, -0.2) is 4.39 Å². The standard InChI is InChI=1S/C13H16ClFN2O/c1-16-12(18)8-17-6-5-13(15,9-17)10-3-2-4-11(14)7-10/h2-4,7H,5-6,8-9H2,1H3,(H,16,18)/t13-/m0/s1. The number of nitrogens with one attached hydrogen (secondary N) is 1. The van der Waals surface area contributed by atoms with Gasteiger partial charge in [-0.15, -0.1) is 0 Å². The molecular weight excluding hydrogens is 255 g/mol. The van der Waals surface area contributed by atoms with Crippen molar-refractivity contribution < 1.29 is 9.18 Å². The number of carbonyl (C=O) groups excluding carboxylic acids is 1. The van der Waals surface area contributed by atoms with Crippen LogP contribution in [0.2, 0.25) is 5.02 Å². The van der Waals surface area contributed by atoms with Gasteiger partial charge in [-0.2, -0.15) is 0 Å². The molecule has 1 atom stereocenters. The van der Waals surface area contributed by atoms with Crippen molar-refractivity contribution in [3.05, 3.63) is 34.9 Å². The Morgan fingerprint density at radius 3 is 3.06 bits per heavy atom. The number of hydrogen-bond donors (Lipinski definition) is 1. The van der Waals surface area contributed by atoms with Crippen LogP contribution in [0.15, 0.2) is 24.3 Å². The summed E-state index contributed by atoms with van der Waals surface area (Å²) in [4.78, 5) is 13.1. The van der Waals surface area contributed by atoms with Crippen LogP contribution in [0.5, 0.6) is 0 Å². The first kappa shape index (κ1) is 13.3. The highest BCUT2D eigenvalue weighted by Gasteiger charge is 2.40. The van der Waals surface area contributed by atoms with Crippen LogP contribution < -0.4 is 5.32 Å². The summed E-state index contributed by atoms with van der Waals surface area (Å²) in [7, 11) is 1.58. The molecule has 0 unspecified atom stereocenters. The van der Waals surface area contributed by atoms with Crippen molar-refractivity contribution in [1.82, 2.24) is 10.2 Å². The van der Waals surface area contributed by atoms with E-state index in [0.717, 1.165) is 0 Å². The Kier molecular flexibility index (Phi) is 3.88. The maximum Gasteiger partial charge on any atom is 0.233 e. The van der Waals surface area contributed by atoms with Crippen molar-refractivity contribution in [3.8, 4) is 0 Å². The fourth-order valence-corrected chi connectivity index (χ4v) is 2.46. The lowest BCUT2D eigenvalue weighted by molar-refractivity contribution is -0.121. The predicted octanol–water partition coefficient (Wildman–Crippen LogP) is 1.96. The largest absolute Gasteiger partial charge is 0.358 e. The molecule has 98 valence electrons. The lowest BCUT2D eigenvalue weighted by Gasteiger charge is -2.21. The SMILES string of the molecule is CNC(=O)CN1CC[C@@](F)(c2cccc(Cl)c2)C1. The summed E-state index contributed by atoms with van der Waals surface area (Å²) in [6, 6.07) is 6.88. The van der Waals surface area contributed by atoms with Gasteiger partial charge in [-0.3, -0.25) is 9.69 Å². The zero-order chi connectivity index (χ0) is 13.2. The molecule has 1 aliphatic heterocycles. The first-order valence-corrected chi connectivity index (χ1v) is 6.29. The van der Waals surface area contributed by atoms with Gasteiger partial charge >= 0.3 is 0 Å². The van der Waals surface area contributed by atoms with Crippen molar-refractivity contribution in [3.63, 3.8) is 0 Å². The molecule has 1 fully saturated rings. The van der Waals surface area contributed by atoms with E-state index in [1.807, 2.05) is 4.90 Å². The zero-order valence-corrected chi connectivity index (χ0v) is 11.0.